The van der Waals surface area contributed by atoms with Crippen molar-refractivity contribution in [2.24, 2.45) is 0 Å². The van der Waals surface area contributed by atoms with Crippen molar-refractivity contribution in [2.45, 2.75) is 219 Å². The van der Waals surface area contributed by atoms with E-state index < -0.39 is 7.82 Å². The monoisotopic (exact) mass is 653 g/mol. The molecular formula is C36H74CrO4P+. The summed E-state index contributed by atoms with van der Waals surface area (Å²) in [6.45, 7) is 5.08. The van der Waals surface area contributed by atoms with Crippen molar-refractivity contribution in [2.75, 3.05) is 13.2 Å². The van der Waals surface area contributed by atoms with Gasteiger partial charge in [0.25, 0.3) is 7.82 Å². The Labute approximate surface area is 275 Å². The van der Waals surface area contributed by atoms with Gasteiger partial charge in [0.1, 0.15) is 0 Å². The van der Waals surface area contributed by atoms with Gasteiger partial charge in [0.2, 0.25) is 0 Å². The van der Waals surface area contributed by atoms with Crippen molar-refractivity contribution in [1.29, 1.82) is 0 Å². The zero-order valence-corrected chi connectivity index (χ0v) is 30.7. The maximum Gasteiger partial charge on any atom is 2.00 e. The van der Waals surface area contributed by atoms with Gasteiger partial charge in [-0.25, -0.2) is 0 Å². The minimum atomic E-state index is -4.12. The van der Waals surface area contributed by atoms with E-state index in [4.69, 9.17) is 9.05 Å². The van der Waals surface area contributed by atoms with E-state index >= 15 is 0 Å². The number of phosphoric acid groups is 1. The summed E-state index contributed by atoms with van der Waals surface area (Å²) >= 11 is 0. The van der Waals surface area contributed by atoms with E-state index in [2.05, 4.69) is 13.8 Å². The molecule has 0 unspecified atom stereocenters. The maximum absolute atomic E-state index is 11.9. The van der Waals surface area contributed by atoms with Gasteiger partial charge in [0, 0.05) is 0 Å². The summed E-state index contributed by atoms with van der Waals surface area (Å²) < 4.78 is 22.0. The van der Waals surface area contributed by atoms with Crippen LogP contribution in [0.4, 0.5) is 0 Å². The summed E-state index contributed by atoms with van der Waals surface area (Å²) in [5, 5.41) is 0. The van der Waals surface area contributed by atoms with Gasteiger partial charge in [-0.05, 0) is 12.8 Å². The smallest absolute Gasteiger partial charge is 0.756 e. The molecular weight excluding hydrogens is 579 g/mol. The van der Waals surface area contributed by atoms with E-state index in [-0.39, 0.29) is 30.6 Å². The molecule has 6 heteroatoms. The fourth-order valence-electron chi connectivity index (χ4n) is 5.69. The molecule has 0 aliphatic heterocycles. The third-order valence-corrected chi connectivity index (χ3v) is 9.49. The Morgan fingerprint density at radius 1 is 0.357 bits per heavy atom. The average Bonchev–Trinajstić information content (AvgIpc) is 2.96. The molecule has 0 aliphatic carbocycles. The zero-order chi connectivity index (χ0) is 30.0. The van der Waals surface area contributed by atoms with Gasteiger partial charge in [-0.1, -0.05) is 206 Å². The second kappa shape index (κ2) is 37.8. The third kappa shape index (κ3) is 38.7. The van der Waals surface area contributed by atoms with E-state index in [1.165, 1.54) is 180 Å². The minimum Gasteiger partial charge on any atom is -0.756 e. The summed E-state index contributed by atoms with van der Waals surface area (Å²) in [5.74, 6) is 0. The summed E-state index contributed by atoms with van der Waals surface area (Å²) in [5.41, 5.74) is 0. The van der Waals surface area contributed by atoms with Gasteiger partial charge >= 0.3 is 17.4 Å². The molecule has 4 nitrogen and oxygen atoms in total. The topological polar surface area (TPSA) is 58.6 Å². The Hall–Kier alpha value is 0.642. The largest absolute Gasteiger partial charge is 2.00 e. The van der Waals surface area contributed by atoms with Crippen LogP contribution in [0.1, 0.15) is 219 Å². The van der Waals surface area contributed by atoms with Crippen molar-refractivity contribution in [3.8, 4) is 0 Å². The van der Waals surface area contributed by atoms with Gasteiger partial charge in [0.05, 0.1) is 13.2 Å². The zero-order valence-electron chi connectivity index (χ0n) is 28.5. The van der Waals surface area contributed by atoms with E-state index in [0.29, 0.717) is 0 Å². The standard InChI is InChI=1S/C36H75O4P.Cr/c1-3-5-7-9-11-13-15-17-19-21-23-25-27-29-31-33-35-39-41(37,38)40-36-34-32-30-28-26-24-22-20-18-16-14-12-10-8-6-4-2;/h3-36H2,1-2H3,(H,37,38);/q;+2/p-1. The van der Waals surface area contributed by atoms with Crippen LogP contribution in [0.15, 0.2) is 0 Å². The van der Waals surface area contributed by atoms with Crippen molar-refractivity contribution in [3.63, 3.8) is 0 Å². The second-order valence-electron chi connectivity index (χ2n) is 12.7. The SMILES string of the molecule is CCCCCCCCCCCCCCCCCCOP(=O)([O-])OCCCCCCCCCCCCCCCCCC.[Cr+2]. The minimum absolute atomic E-state index is 0. The summed E-state index contributed by atoms with van der Waals surface area (Å²) in [7, 11) is -4.12. The second-order valence-corrected chi connectivity index (χ2v) is 14.1. The molecule has 0 radical (unpaired) electrons. The first-order chi connectivity index (χ1) is 20.1. The van der Waals surface area contributed by atoms with Crippen LogP contribution in [0, 0.1) is 0 Å². The molecule has 0 saturated carbocycles. The normalized spacial score (nSPS) is 11.7. The summed E-state index contributed by atoms with van der Waals surface area (Å²) in [4.78, 5) is 11.9. The van der Waals surface area contributed by atoms with Crippen molar-refractivity contribution >= 4 is 7.82 Å². The third-order valence-electron chi connectivity index (χ3n) is 8.49. The van der Waals surface area contributed by atoms with E-state index in [1.54, 1.807) is 0 Å². The number of phosphoric ester groups is 1. The fraction of sp³-hybridized carbons (Fsp3) is 1.00. The molecule has 0 atom stereocenters. The summed E-state index contributed by atoms with van der Waals surface area (Å²) in [6, 6.07) is 0. The number of hydrogen-bond donors (Lipinski definition) is 0. The number of hydrogen-bond acceptors (Lipinski definition) is 4. The van der Waals surface area contributed by atoms with Crippen LogP contribution in [0.3, 0.4) is 0 Å². The van der Waals surface area contributed by atoms with Crippen molar-refractivity contribution in [3.05, 3.63) is 0 Å². The molecule has 252 valence electrons. The van der Waals surface area contributed by atoms with Crippen LogP contribution >= 0.6 is 7.82 Å². The molecule has 0 amide bonds. The first kappa shape index (κ1) is 44.8. The molecule has 42 heavy (non-hydrogen) atoms. The van der Waals surface area contributed by atoms with Gasteiger partial charge in [-0.15, -0.1) is 0 Å². The van der Waals surface area contributed by atoms with Gasteiger partial charge in [-0.2, -0.15) is 0 Å². The van der Waals surface area contributed by atoms with Gasteiger partial charge in [-0.3, -0.25) is 4.57 Å². The Morgan fingerprint density at radius 3 is 0.714 bits per heavy atom. The first-order valence-electron chi connectivity index (χ1n) is 18.7. The molecule has 0 aromatic rings. The first-order valence-corrected chi connectivity index (χ1v) is 20.2. The van der Waals surface area contributed by atoms with Crippen molar-refractivity contribution in [1.82, 2.24) is 0 Å². The van der Waals surface area contributed by atoms with Crippen LogP contribution < -0.4 is 4.89 Å². The molecule has 0 aliphatic rings. The van der Waals surface area contributed by atoms with Gasteiger partial charge in [0.15, 0.2) is 0 Å². The average molecular weight is 654 g/mol. The molecule has 0 saturated heterocycles. The molecule has 0 bridgehead atoms. The Bertz CT molecular complexity index is 493. The van der Waals surface area contributed by atoms with E-state index in [1.807, 2.05) is 0 Å². The van der Waals surface area contributed by atoms with Crippen LogP contribution in [-0.4, -0.2) is 13.2 Å². The van der Waals surface area contributed by atoms with Crippen LogP contribution in [0.2, 0.25) is 0 Å². The van der Waals surface area contributed by atoms with Crippen LogP contribution in [0.5, 0.6) is 0 Å². The molecule has 0 fully saturated rings. The van der Waals surface area contributed by atoms with E-state index in [9.17, 15) is 9.46 Å². The summed E-state index contributed by atoms with van der Waals surface area (Å²) in [6.07, 6.45) is 41.9. The van der Waals surface area contributed by atoms with Crippen LogP contribution in [0.25, 0.3) is 0 Å². The van der Waals surface area contributed by atoms with E-state index in [0.717, 1.165) is 25.7 Å². The number of rotatable bonds is 36. The molecule has 0 rings (SSSR count). The van der Waals surface area contributed by atoms with Crippen LogP contribution in [-0.2, 0) is 31.0 Å². The molecule has 0 aromatic carbocycles. The maximum atomic E-state index is 11.9. The quantitative estimate of drug-likeness (QED) is 0.0499. The van der Waals surface area contributed by atoms with Crippen molar-refractivity contribution < 1.29 is 35.9 Å². The molecule has 0 spiro atoms. The molecule has 0 aromatic heterocycles. The number of unbranched alkanes of at least 4 members (excludes halogenated alkanes) is 30. The predicted molar refractivity (Wildman–Crippen MR) is 179 cm³/mol. The predicted octanol–water partition coefficient (Wildman–Crippen LogP) is 13.0. The Kier molecular flexibility index (Phi) is 40.3. The molecule has 0 heterocycles. The fourth-order valence-corrected chi connectivity index (χ4v) is 6.47. The molecule has 0 N–H and O–H groups in total. The Morgan fingerprint density at radius 2 is 0.524 bits per heavy atom. The Balaban J connectivity index is 0. The van der Waals surface area contributed by atoms with Gasteiger partial charge < -0.3 is 13.9 Å².